The Balaban J connectivity index is 1.52. The van der Waals surface area contributed by atoms with E-state index in [0.717, 1.165) is 10.9 Å². The monoisotopic (exact) mass is 369 g/mol. The lowest BCUT2D eigenvalue weighted by atomic mass is 10.1. The molecule has 0 aliphatic carbocycles. The normalized spacial score (nSPS) is 10.6. The minimum atomic E-state index is -0.425. The van der Waals surface area contributed by atoms with Crippen LogP contribution in [0.25, 0.3) is 10.9 Å². The van der Waals surface area contributed by atoms with Crippen LogP contribution < -0.4 is 15.4 Å². The van der Waals surface area contributed by atoms with Gasteiger partial charge in [-0.05, 0) is 42.8 Å². The third-order valence-electron chi connectivity index (χ3n) is 4.20. The summed E-state index contributed by atoms with van der Waals surface area (Å²) in [5, 5.41) is 6.27. The molecule has 3 N–H and O–H groups in total. The Kier molecular flexibility index (Phi) is 5.40. The molecule has 0 atom stereocenters. The van der Waals surface area contributed by atoms with Crippen molar-refractivity contribution in [3.63, 3.8) is 0 Å². The van der Waals surface area contributed by atoms with Crippen LogP contribution in [0.1, 0.15) is 26.4 Å². The van der Waals surface area contributed by atoms with Gasteiger partial charge in [-0.25, -0.2) is 4.39 Å². The second-order valence-electron chi connectivity index (χ2n) is 6.11. The minimum absolute atomic E-state index is 0.230. The number of carbonyl (C=O) groups is 2. The molecule has 140 valence electrons. The number of benzene rings is 2. The maximum absolute atomic E-state index is 13.5. The molecular formula is C20H20FN3O3. The Labute approximate surface area is 155 Å². The van der Waals surface area contributed by atoms with Crippen LogP contribution in [0.15, 0.2) is 42.5 Å². The van der Waals surface area contributed by atoms with Crippen LogP contribution >= 0.6 is 0 Å². The number of aryl methyl sites for hydroxylation is 1. The van der Waals surface area contributed by atoms with Gasteiger partial charge in [0.05, 0.1) is 7.11 Å². The number of aromatic amines is 1. The van der Waals surface area contributed by atoms with E-state index in [9.17, 15) is 14.0 Å². The van der Waals surface area contributed by atoms with Gasteiger partial charge < -0.3 is 20.4 Å². The van der Waals surface area contributed by atoms with Crippen LogP contribution in [-0.2, 0) is 0 Å². The van der Waals surface area contributed by atoms with E-state index in [4.69, 9.17) is 4.74 Å². The average Bonchev–Trinajstić information content (AvgIpc) is 3.10. The summed E-state index contributed by atoms with van der Waals surface area (Å²) in [6.07, 6.45) is 0. The van der Waals surface area contributed by atoms with Gasteiger partial charge in [-0.2, -0.15) is 0 Å². The van der Waals surface area contributed by atoms with E-state index in [0.29, 0.717) is 17.0 Å². The quantitative estimate of drug-likeness (QED) is 0.584. The lowest BCUT2D eigenvalue weighted by Gasteiger charge is -2.07. The van der Waals surface area contributed by atoms with Crippen molar-refractivity contribution in [1.29, 1.82) is 0 Å². The highest BCUT2D eigenvalue weighted by Crippen LogP contribution is 2.21. The third-order valence-corrected chi connectivity index (χ3v) is 4.20. The summed E-state index contributed by atoms with van der Waals surface area (Å²) in [6.45, 7) is 2.11. The Morgan fingerprint density at radius 2 is 1.78 bits per heavy atom. The zero-order valence-electron chi connectivity index (χ0n) is 15.1. The first-order valence-corrected chi connectivity index (χ1v) is 8.47. The predicted molar refractivity (Wildman–Crippen MR) is 101 cm³/mol. The van der Waals surface area contributed by atoms with Crippen molar-refractivity contribution < 1.29 is 18.7 Å². The number of halogens is 1. The Bertz CT molecular complexity index is 997. The number of nitrogens with one attached hydrogen (secondary N) is 3. The Morgan fingerprint density at radius 3 is 2.48 bits per heavy atom. The summed E-state index contributed by atoms with van der Waals surface area (Å²) < 4.78 is 18.7. The molecule has 2 amide bonds. The first-order valence-electron chi connectivity index (χ1n) is 8.47. The number of aromatic nitrogens is 1. The van der Waals surface area contributed by atoms with Crippen molar-refractivity contribution in [2.45, 2.75) is 6.92 Å². The van der Waals surface area contributed by atoms with E-state index >= 15 is 0 Å². The van der Waals surface area contributed by atoms with Crippen LogP contribution in [0.5, 0.6) is 5.75 Å². The summed E-state index contributed by atoms with van der Waals surface area (Å²) in [6, 6.07) is 11.6. The molecule has 3 aromatic rings. The van der Waals surface area contributed by atoms with Crippen molar-refractivity contribution in [2.75, 3.05) is 20.2 Å². The van der Waals surface area contributed by atoms with Crippen molar-refractivity contribution in [3.05, 3.63) is 65.1 Å². The summed E-state index contributed by atoms with van der Waals surface area (Å²) in [4.78, 5) is 27.3. The molecule has 6 nitrogen and oxygen atoms in total. The molecule has 0 aliphatic heterocycles. The van der Waals surface area contributed by atoms with Crippen molar-refractivity contribution in [2.24, 2.45) is 0 Å². The third kappa shape index (κ3) is 4.25. The number of H-pyrrole nitrogens is 1. The molecule has 2 aromatic carbocycles. The molecule has 1 aromatic heterocycles. The van der Waals surface area contributed by atoms with Gasteiger partial charge in [-0.3, -0.25) is 9.59 Å². The van der Waals surface area contributed by atoms with E-state index in [2.05, 4.69) is 15.6 Å². The lowest BCUT2D eigenvalue weighted by molar-refractivity contribution is 0.0925. The van der Waals surface area contributed by atoms with Gasteiger partial charge in [-0.15, -0.1) is 0 Å². The molecule has 0 spiro atoms. The number of ether oxygens (including phenoxy) is 1. The topological polar surface area (TPSA) is 83.2 Å². The lowest BCUT2D eigenvalue weighted by Crippen LogP contribution is -2.34. The molecule has 27 heavy (non-hydrogen) atoms. The molecule has 1 heterocycles. The fourth-order valence-corrected chi connectivity index (χ4v) is 2.64. The average molecular weight is 369 g/mol. The molecule has 0 bridgehead atoms. The first-order chi connectivity index (χ1) is 13.0. The van der Waals surface area contributed by atoms with E-state index in [-0.39, 0.29) is 30.5 Å². The highest BCUT2D eigenvalue weighted by Gasteiger charge is 2.11. The van der Waals surface area contributed by atoms with Gasteiger partial charge in [-0.1, -0.05) is 6.07 Å². The first kappa shape index (κ1) is 18.4. The fraction of sp³-hybridized carbons (Fsp3) is 0.200. The number of fused-ring (bicyclic) bond motifs is 1. The smallest absolute Gasteiger partial charge is 0.267 e. The molecule has 0 aliphatic rings. The minimum Gasteiger partial charge on any atom is -0.497 e. The summed E-state index contributed by atoms with van der Waals surface area (Å²) in [5.74, 6) is -0.389. The molecule has 0 saturated heterocycles. The Hall–Kier alpha value is -3.35. The SMILES string of the molecule is COc1ccc2cc(C(=O)NCCNC(=O)c3ccc(C)c(F)c3)[nH]c2c1. The number of rotatable bonds is 6. The van der Waals surface area contributed by atoms with E-state index in [1.54, 1.807) is 32.2 Å². The second kappa shape index (κ2) is 7.90. The van der Waals surface area contributed by atoms with Gasteiger partial charge in [0.25, 0.3) is 11.8 Å². The molecular weight excluding hydrogens is 349 g/mol. The molecule has 0 fully saturated rings. The summed E-state index contributed by atoms with van der Waals surface area (Å²) >= 11 is 0. The number of hydrogen-bond acceptors (Lipinski definition) is 3. The fourth-order valence-electron chi connectivity index (χ4n) is 2.64. The largest absolute Gasteiger partial charge is 0.497 e. The highest BCUT2D eigenvalue weighted by atomic mass is 19.1. The van der Waals surface area contributed by atoms with Gasteiger partial charge >= 0.3 is 0 Å². The Morgan fingerprint density at radius 1 is 1.04 bits per heavy atom. The van der Waals surface area contributed by atoms with Gasteiger partial charge in [0, 0.05) is 35.6 Å². The second-order valence-corrected chi connectivity index (χ2v) is 6.11. The molecule has 3 rings (SSSR count). The summed E-state index contributed by atoms with van der Waals surface area (Å²) in [7, 11) is 1.58. The standard InChI is InChI=1S/C20H20FN3O3/c1-12-3-4-14(9-16(12)21)19(25)22-7-8-23-20(26)18-10-13-5-6-15(27-2)11-17(13)24-18/h3-6,9-11,24H,7-8H2,1-2H3,(H,22,25)(H,23,26). The van der Waals surface area contributed by atoms with Gasteiger partial charge in [0.15, 0.2) is 0 Å². The van der Waals surface area contributed by atoms with Crippen molar-refractivity contribution in [3.8, 4) is 5.75 Å². The number of methoxy groups -OCH3 is 1. The van der Waals surface area contributed by atoms with Crippen molar-refractivity contribution in [1.82, 2.24) is 15.6 Å². The van der Waals surface area contributed by atoms with E-state index < -0.39 is 5.82 Å². The molecule has 0 radical (unpaired) electrons. The van der Waals surface area contributed by atoms with E-state index in [1.165, 1.54) is 6.07 Å². The van der Waals surface area contributed by atoms with E-state index in [1.807, 2.05) is 18.2 Å². The number of carbonyl (C=O) groups excluding carboxylic acids is 2. The molecule has 7 heteroatoms. The number of hydrogen-bond donors (Lipinski definition) is 3. The van der Waals surface area contributed by atoms with Crippen LogP contribution in [-0.4, -0.2) is 37.0 Å². The van der Waals surface area contributed by atoms with Crippen LogP contribution in [0.4, 0.5) is 4.39 Å². The van der Waals surface area contributed by atoms with Gasteiger partial charge in [0.1, 0.15) is 17.3 Å². The van der Waals surface area contributed by atoms with Crippen LogP contribution in [0, 0.1) is 12.7 Å². The zero-order valence-corrected chi connectivity index (χ0v) is 15.1. The zero-order chi connectivity index (χ0) is 19.4. The maximum atomic E-state index is 13.5. The highest BCUT2D eigenvalue weighted by molar-refractivity contribution is 5.98. The van der Waals surface area contributed by atoms with Crippen LogP contribution in [0.2, 0.25) is 0 Å². The van der Waals surface area contributed by atoms with Crippen LogP contribution in [0.3, 0.4) is 0 Å². The summed E-state index contributed by atoms with van der Waals surface area (Å²) in [5.41, 5.74) is 1.95. The number of amides is 2. The van der Waals surface area contributed by atoms with Gasteiger partial charge in [0.2, 0.25) is 0 Å². The van der Waals surface area contributed by atoms with Crippen molar-refractivity contribution >= 4 is 22.7 Å². The predicted octanol–water partition coefficient (Wildman–Crippen LogP) is 2.78. The molecule has 0 unspecified atom stereocenters. The maximum Gasteiger partial charge on any atom is 0.267 e. The molecule has 0 saturated carbocycles.